The van der Waals surface area contributed by atoms with Gasteiger partial charge in [-0.2, -0.15) is 0 Å². The molecule has 3 N–H and O–H groups in total. The van der Waals surface area contributed by atoms with E-state index in [2.05, 4.69) is 20.9 Å². The molecule has 3 aromatic rings. The molecule has 10 heteroatoms. The second-order valence-electron chi connectivity index (χ2n) is 12.8. The number of hydrogen-bond donors (Lipinski definition) is 3. The van der Waals surface area contributed by atoms with Crippen LogP contribution in [0.3, 0.4) is 0 Å². The first-order valence-corrected chi connectivity index (χ1v) is 17.7. The number of hydrogen-bond acceptors (Lipinski definition) is 7. The maximum absolute atomic E-state index is 12.7. The predicted molar refractivity (Wildman–Crippen MR) is 198 cm³/mol. The fourth-order valence-corrected chi connectivity index (χ4v) is 5.97. The molecule has 1 aliphatic heterocycles. The van der Waals surface area contributed by atoms with E-state index in [0.29, 0.717) is 18.5 Å². The highest BCUT2D eigenvalue weighted by Crippen LogP contribution is 2.28. The molecule has 0 aliphatic carbocycles. The molecule has 3 amide bonds. The van der Waals surface area contributed by atoms with Gasteiger partial charge in [-0.15, -0.1) is 0 Å². The molecule has 0 radical (unpaired) electrons. The summed E-state index contributed by atoms with van der Waals surface area (Å²) in [6.07, 6.45) is 5.28. The summed E-state index contributed by atoms with van der Waals surface area (Å²) in [6, 6.07) is 25.4. The van der Waals surface area contributed by atoms with Crippen LogP contribution in [0.15, 0.2) is 78.9 Å². The van der Waals surface area contributed by atoms with Crippen LogP contribution in [0.2, 0.25) is 0 Å². The lowest BCUT2D eigenvalue weighted by atomic mass is 10.0. The molecule has 264 valence electrons. The van der Waals surface area contributed by atoms with Gasteiger partial charge >= 0.3 is 6.09 Å². The van der Waals surface area contributed by atoms with Crippen LogP contribution in [0.25, 0.3) is 11.1 Å². The van der Waals surface area contributed by atoms with Crippen LogP contribution in [0, 0.1) is 0 Å². The highest BCUT2D eigenvalue weighted by atomic mass is 16.6. The van der Waals surface area contributed by atoms with Crippen molar-refractivity contribution in [2.75, 3.05) is 77.6 Å². The standard InChI is InChI=1S/C39H54N6O4/c1-40-24-12-26-44(3)38(47)32-18-20-33(21-19-32)41-25-11-5-8-17-37(46)43(2)29-30-45-27-22-34(23-28-45)49-39(48)42-36-16-10-9-15-35(36)31-13-6-4-7-14-31/h4,6-7,9-10,13-16,18-21,34,40-41H,5,8,11-12,17,22-30H2,1-3H3,(H,42,48). The Kier molecular flexibility index (Phi) is 15.4. The van der Waals surface area contributed by atoms with Gasteiger partial charge in [0, 0.05) is 76.6 Å². The number of piperidine rings is 1. The smallest absolute Gasteiger partial charge is 0.411 e. The molecule has 49 heavy (non-hydrogen) atoms. The maximum Gasteiger partial charge on any atom is 0.411 e. The second kappa shape index (κ2) is 20.2. The summed E-state index contributed by atoms with van der Waals surface area (Å²) in [4.78, 5) is 43.9. The number of unbranched alkanes of at least 4 members (excludes halogenated alkanes) is 2. The SMILES string of the molecule is CNCCCN(C)C(=O)c1ccc(NCCCCCC(=O)N(C)CCN2CCC(OC(=O)Nc3ccccc3-c3ccccc3)CC2)cc1. The van der Waals surface area contributed by atoms with Crippen LogP contribution >= 0.6 is 0 Å². The number of ether oxygens (including phenoxy) is 1. The van der Waals surface area contributed by atoms with Gasteiger partial charge in [0.1, 0.15) is 6.10 Å². The number of rotatable bonds is 18. The molecular weight excluding hydrogens is 616 g/mol. The average molecular weight is 671 g/mol. The third kappa shape index (κ3) is 12.5. The molecule has 0 aromatic heterocycles. The lowest BCUT2D eigenvalue weighted by Crippen LogP contribution is -2.42. The second-order valence-corrected chi connectivity index (χ2v) is 12.8. The Morgan fingerprint density at radius 1 is 0.796 bits per heavy atom. The molecule has 0 spiro atoms. The fraction of sp³-hybridized carbons (Fsp3) is 0.462. The van der Waals surface area contributed by atoms with E-state index >= 15 is 0 Å². The number of carbonyl (C=O) groups is 3. The highest BCUT2D eigenvalue weighted by molar-refractivity contribution is 5.94. The number of para-hydroxylation sites is 1. The number of likely N-dealkylation sites (N-methyl/N-ethyl adjacent to an activating group) is 1. The average Bonchev–Trinajstić information content (AvgIpc) is 3.13. The van der Waals surface area contributed by atoms with Gasteiger partial charge in [0.05, 0.1) is 5.69 Å². The maximum atomic E-state index is 12.7. The van der Waals surface area contributed by atoms with Gasteiger partial charge in [0.2, 0.25) is 5.91 Å². The minimum atomic E-state index is -0.426. The summed E-state index contributed by atoms with van der Waals surface area (Å²) in [5.41, 5.74) is 4.42. The Balaban J connectivity index is 1.04. The van der Waals surface area contributed by atoms with Crippen LogP contribution in [0.1, 0.15) is 55.3 Å². The Hall–Kier alpha value is -4.41. The molecule has 1 aliphatic rings. The van der Waals surface area contributed by atoms with Crippen molar-refractivity contribution >= 4 is 29.3 Å². The quantitative estimate of drug-likeness (QED) is 0.139. The Morgan fingerprint density at radius 3 is 2.24 bits per heavy atom. The minimum absolute atomic E-state index is 0.0372. The van der Waals surface area contributed by atoms with Crippen molar-refractivity contribution in [3.63, 3.8) is 0 Å². The van der Waals surface area contributed by atoms with E-state index in [-0.39, 0.29) is 17.9 Å². The summed E-state index contributed by atoms with van der Waals surface area (Å²) in [5, 5.41) is 9.45. The third-order valence-electron chi connectivity index (χ3n) is 9.03. The van der Waals surface area contributed by atoms with Crippen molar-refractivity contribution in [2.45, 2.75) is 51.0 Å². The Bertz CT molecular complexity index is 1440. The number of amides is 3. The van der Waals surface area contributed by atoms with Crippen molar-refractivity contribution in [1.29, 1.82) is 0 Å². The molecule has 1 heterocycles. The highest BCUT2D eigenvalue weighted by Gasteiger charge is 2.23. The van der Waals surface area contributed by atoms with E-state index in [9.17, 15) is 14.4 Å². The predicted octanol–water partition coefficient (Wildman–Crippen LogP) is 6.18. The fourth-order valence-electron chi connectivity index (χ4n) is 5.97. The van der Waals surface area contributed by atoms with Crippen LogP contribution in [-0.4, -0.2) is 106 Å². The van der Waals surface area contributed by atoms with Crippen molar-refractivity contribution in [3.8, 4) is 11.1 Å². The van der Waals surface area contributed by atoms with E-state index in [1.807, 2.05) is 105 Å². The Morgan fingerprint density at radius 2 is 1.51 bits per heavy atom. The number of anilines is 2. The van der Waals surface area contributed by atoms with Crippen LogP contribution in [0.5, 0.6) is 0 Å². The van der Waals surface area contributed by atoms with Crippen molar-refractivity contribution in [2.24, 2.45) is 0 Å². The van der Waals surface area contributed by atoms with E-state index in [1.54, 1.807) is 4.90 Å². The largest absolute Gasteiger partial charge is 0.446 e. The molecular formula is C39H54N6O4. The normalized spacial score (nSPS) is 13.4. The van der Waals surface area contributed by atoms with Gasteiger partial charge in [-0.05, 0) is 81.6 Å². The van der Waals surface area contributed by atoms with Gasteiger partial charge in [0.25, 0.3) is 5.91 Å². The van der Waals surface area contributed by atoms with Gasteiger partial charge in [-0.3, -0.25) is 14.9 Å². The first-order chi connectivity index (χ1) is 23.8. The number of benzene rings is 3. The van der Waals surface area contributed by atoms with Crippen LogP contribution in [-0.2, 0) is 9.53 Å². The minimum Gasteiger partial charge on any atom is -0.446 e. The van der Waals surface area contributed by atoms with Gasteiger partial charge in [-0.1, -0.05) is 55.0 Å². The van der Waals surface area contributed by atoms with Gasteiger partial charge in [-0.25, -0.2) is 4.79 Å². The number of nitrogens with one attached hydrogen (secondary N) is 3. The molecule has 1 saturated heterocycles. The first kappa shape index (κ1) is 37.4. The zero-order chi connectivity index (χ0) is 34.8. The summed E-state index contributed by atoms with van der Waals surface area (Å²) in [5.74, 6) is 0.213. The van der Waals surface area contributed by atoms with E-state index < -0.39 is 6.09 Å². The first-order valence-electron chi connectivity index (χ1n) is 17.7. The third-order valence-corrected chi connectivity index (χ3v) is 9.03. The van der Waals surface area contributed by atoms with Gasteiger partial charge in [0.15, 0.2) is 0 Å². The summed E-state index contributed by atoms with van der Waals surface area (Å²) >= 11 is 0. The van der Waals surface area contributed by atoms with Crippen molar-refractivity contribution in [3.05, 3.63) is 84.4 Å². The van der Waals surface area contributed by atoms with E-state index in [1.165, 1.54) is 0 Å². The molecule has 3 aromatic carbocycles. The molecule has 0 atom stereocenters. The summed E-state index contributed by atoms with van der Waals surface area (Å²) in [7, 11) is 5.63. The van der Waals surface area contributed by atoms with Crippen LogP contribution < -0.4 is 16.0 Å². The molecule has 1 fully saturated rings. The zero-order valence-corrected chi connectivity index (χ0v) is 29.5. The lowest BCUT2D eigenvalue weighted by Gasteiger charge is -2.32. The summed E-state index contributed by atoms with van der Waals surface area (Å²) in [6.45, 7) is 5.60. The van der Waals surface area contributed by atoms with Crippen molar-refractivity contribution < 1.29 is 19.1 Å². The number of carbonyl (C=O) groups excluding carboxylic acids is 3. The number of likely N-dealkylation sites (tertiary alicyclic amines) is 1. The molecule has 4 rings (SSSR count). The molecule has 10 nitrogen and oxygen atoms in total. The monoisotopic (exact) mass is 670 g/mol. The lowest BCUT2D eigenvalue weighted by molar-refractivity contribution is -0.130. The Labute approximate surface area is 292 Å². The summed E-state index contributed by atoms with van der Waals surface area (Å²) < 4.78 is 5.77. The molecule has 0 unspecified atom stereocenters. The van der Waals surface area contributed by atoms with Gasteiger partial charge < -0.3 is 30.1 Å². The molecule has 0 saturated carbocycles. The zero-order valence-electron chi connectivity index (χ0n) is 29.5. The number of nitrogens with zero attached hydrogens (tertiary/aromatic N) is 3. The van der Waals surface area contributed by atoms with Crippen molar-refractivity contribution in [1.82, 2.24) is 20.0 Å². The topological polar surface area (TPSA) is 106 Å². The van der Waals surface area contributed by atoms with E-state index in [0.717, 1.165) is 100 Å². The van der Waals surface area contributed by atoms with E-state index in [4.69, 9.17) is 4.74 Å². The van der Waals surface area contributed by atoms with Crippen LogP contribution in [0.4, 0.5) is 16.2 Å². The molecule has 0 bridgehead atoms.